The third-order valence-electron chi connectivity index (χ3n) is 9.08. The molecule has 2 aliphatic heterocycles. The van der Waals surface area contributed by atoms with Gasteiger partial charge in [-0.3, -0.25) is 15.2 Å². The SMILES string of the molecule is CCS(=O)(=O)NC(C(=O)NN(Cc1ccc(-c2ccccn2)cc1)C[C@H](O)[C@H](Cc1ccccc1)NC(=O)O[C@H]1CO[C@H]2OCC[C@H]21)C(C)(C)C. The first kappa shape index (κ1) is 38.3. The van der Waals surface area contributed by atoms with Crippen molar-refractivity contribution in [3.05, 3.63) is 90.1 Å². The number of aliphatic hydroxyl groups excluding tert-OH is 1. The summed E-state index contributed by atoms with van der Waals surface area (Å²) in [5, 5.41) is 16.2. The highest BCUT2D eigenvalue weighted by Gasteiger charge is 2.44. The Morgan fingerprint density at radius 3 is 2.41 bits per heavy atom. The zero-order valence-corrected chi connectivity index (χ0v) is 30.3. The minimum Gasteiger partial charge on any atom is -0.443 e. The van der Waals surface area contributed by atoms with Crippen LogP contribution in [0.5, 0.6) is 0 Å². The number of carbonyl (C=O) groups is 2. The maximum absolute atomic E-state index is 13.8. The van der Waals surface area contributed by atoms with Crippen molar-refractivity contribution in [3.63, 3.8) is 0 Å². The van der Waals surface area contributed by atoms with Crippen molar-refractivity contribution in [3.8, 4) is 11.3 Å². The number of aliphatic hydroxyl groups is 1. The Morgan fingerprint density at radius 2 is 1.75 bits per heavy atom. The topological polar surface area (TPSA) is 168 Å². The van der Waals surface area contributed by atoms with Gasteiger partial charge in [0.25, 0.3) is 5.91 Å². The first-order valence-electron chi connectivity index (χ1n) is 17.3. The van der Waals surface area contributed by atoms with Crippen LogP contribution in [0.2, 0.25) is 0 Å². The summed E-state index contributed by atoms with van der Waals surface area (Å²) in [5.74, 6) is -0.829. The molecule has 4 N–H and O–H groups in total. The third-order valence-corrected chi connectivity index (χ3v) is 10.4. The second-order valence-electron chi connectivity index (χ2n) is 14.1. The van der Waals surface area contributed by atoms with Crippen LogP contribution in [0.4, 0.5) is 4.79 Å². The van der Waals surface area contributed by atoms with Gasteiger partial charge in [0.2, 0.25) is 10.0 Å². The largest absolute Gasteiger partial charge is 0.443 e. The summed E-state index contributed by atoms with van der Waals surface area (Å²) in [7, 11) is -3.74. The van der Waals surface area contributed by atoms with E-state index in [0.29, 0.717) is 6.61 Å². The van der Waals surface area contributed by atoms with Crippen molar-refractivity contribution >= 4 is 22.0 Å². The molecule has 3 aromatic rings. The van der Waals surface area contributed by atoms with Crippen LogP contribution in [-0.2, 0) is 42.0 Å². The molecule has 3 heterocycles. The molecule has 5 rings (SSSR count). The Hall–Kier alpha value is -3.92. The fraction of sp³-hybridized carbons (Fsp3) is 0.486. The Balaban J connectivity index is 1.37. The molecular weight excluding hydrogens is 675 g/mol. The number of nitrogens with one attached hydrogen (secondary N) is 3. The number of pyridine rings is 1. The lowest BCUT2D eigenvalue weighted by atomic mass is 9.87. The molecule has 51 heavy (non-hydrogen) atoms. The van der Waals surface area contributed by atoms with Crippen molar-refractivity contribution in [2.75, 3.05) is 25.5 Å². The molecule has 0 saturated carbocycles. The minimum absolute atomic E-state index is 0.0519. The van der Waals surface area contributed by atoms with Gasteiger partial charge in [0.15, 0.2) is 6.29 Å². The van der Waals surface area contributed by atoms with Crippen molar-refractivity contribution in [2.45, 2.75) is 77.7 Å². The summed E-state index contributed by atoms with van der Waals surface area (Å²) in [4.78, 5) is 31.5. The summed E-state index contributed by atoms with van der Waals surface area (Å²) < 4.78 is 44.7. The van der Waals surface area contributed by atoms with E-state index in [0.717, 1.165) is 28.8 Å². The Kier molecular flexibility index (Phi) is 12.8. The lowest BCUT2D eigenvalue weighted by Crippen LogP contribution is -2.59. The van der Waals surface area contributed by atoms with E-state index in [1.54, 1.807) is 27.0 Å². The molecule has 13 nitrogen and oxygen atoms in total. The van der Waals surface area contributed by atoms with Gasteiger partial charge in [0.05, 0.1) is 42.7 Å². The molecule has 2 saturated heterocycles. The van der Waals surface area contributed by atoms with Crippen molar-refractivity contribution in [1.82, 2.24) is 25.5 Å². The highest BCUT2D eigenvalue weighted by Crippen LogP contribution is 2.33. The molecule has 2 aliphatic rings. The number of benzene rings is 2. The van der Waals surface area contributed by atoms with Gasteiger partial charge in [-0.2, -0.15) is 0 Å². The monoisotopic (exact) mass is 723 g/mol. The standard InChI is InChI=1S/C37H49N5O8S/c1-5-51(46,47)41-33(37(2,3)4)34(44)40-42(22-26-14-16-27(17-15-26)29-13-9-10-19-38-29)23-31(43)30(21-25-11-7-6-8-12-25)39-36(45)50-32-24-49-35-28(32)18-20-48-35/h6-17,19,28,30-33,35,41,43H,5,18,20-24H2,1-4H3,(H,39,45)(H,40,44)/t28-,30-,31-,32-,33?,35+/m0/s1. The molecule has 2 fully saturated rings. The molecule has 0 aliphatic carbocycles. The number of sulfonamides is 1. The molecule has 2 amide bonds. The van der Waals surface area contributed by atoms with E-state index in [1.807, 2.05) is 72.8 Å². The molecule has 0 radical (unpaired) electrons. The molecule has 0 spiro atoms. The number of rotatable bonds is 15. The van der Waals surface area contributed by atoms with Gasteiger partial charge in [-0.05, 0) is 48.4 Å². The fourth-order valence-corrected chi connectivity index (χ4v) is 7.15. The first-order chi connectivity index (χ1) is 24.3. The molecule has 1 unspecified atom stereocenters. The van der Waals surface area contributed by atoms with Gasteiger partial charge < -0.3 is 24.6 Å². The Bertz CT molecular complexity index is 1690. The lowest BCUT2D eigenvalue weighted by molar-refractivity contribution is -0.131. The van der Waals surface area contributed by atoms with E-state index in [2.05, 4.69) is 20.4 Å². The lowest BCUT2D eigenvalue weighted by Gasteiger charge is -2.34. The number of ether oxygens (including phenoxy) is 3. The predicted molar refractivity (Wildman–Crippen MR) is 191 cm³/mol. The number of aromatic nitrogens is 1. The maximum Gasteiger partial charge on any atom is 0.407 e. The highest BCUT2D eigenvalue weighted by molar-refractivity contribution is 7.89. The number of amides is 2. The summed E-state index contributed by atoms with van der Waals surface area (Å²) in [6.45, 7) is 7.62. The number of alkyl carbamates (subject to hydrolysis) is 1. The van der Waals surface area contributed by atoms with Gasteiger partial charge in [-0.25, -0.2) is 22.9 Å². The van der Waals surface area contributed by atoms with Crippen LogP contribution < -0.4 is 15.5 Å². The van der Waals surface area contributed by atoms with Crippen LogP contribution in [0.3, 0.4) is 0 Å². The van der Waals surface area contributed by atoms with Gasteiger partial charge in [0, 0.05) is 24.8 Å². The number of hydrazine groups is 1. The number of hydrogen-bond donors (Lipinski definition) is 4. The molecule has 0 bridgehead atoms. The first-order valence-corrected chi connectivity index (χ1v) is 18.9. The number of hydrogen-bond acceptors (Lipinski definition) is 10. The van der Waals surface area contributed by atoms with E-state index in [4.69, 9.17) is 14.2 Å². The van der Waals surface area contributed by atoms with Crippen molar-refractivity contribution in [1.29, 1.82) is 0 Å². The van der Waals surface area contributed by atoms with Crippen LogP contribution in [0.15, 0.2) is 79.0 Å². The summed E-state index contributed by atoms with van der Waals surface area (Å²) in [6.07, 6.45) is -0.0419. The highest BCUT2D eigenvalue weighted by atomic mass is 32.2. The van der Waals surface area contributed by atoms with E-state index in [1.165, 1.54) is 11.9 Å². The van der Waals surface area contributed by atoms with Crippen molar-refractivity contribution < 1.29 is 37.3 Å². The summed E-state index contributed by atoms with van der Waals surface area (Å²) in [6, 6.07) is 20.8. The zero-order valence-electron chi connectivity index (χ0n) is 29.5. The normalized spacial score (nSPS) is 20.7. The van der Waals surface area contributed by atoms with E-state index >= 15 is 0 Å². The van der Waals surface area contributed by atoms with Gasteiger partial charge in [-0.1, -0.05) is 81.4 Å². The second kappa shape index (κ2) is 17.1. The molecule has 6 atom stereocenters. The smallest absolute Gasteiger partial charge is 0.407 e. The average Bonchev–Trinajstić information content (AvgIpc) is 3.73. The molecule has 14 heteroatoms. The number of carbonyl (C=O) groups excluding carboxylic acids is 2. The molecule has 276 valence electrons. The summed E-state index contributed by atoms with van der Waals surface area (Å²) in [5.41, 5.74) is 5.49. The zero-order chi connectivity index (χ0) is 36.6. The van der Waals surface area contributed by atoms with Gasteiger partial charge >= 0.3 is 6.09 Å². The molecular formula is C37H49N5O8S. The summed E-state index contributed by atoms with van der Waals surface area (Å²) >= 11 is 0. The quantitative estimate of drug-likeness (QED) is 0.171. The van der Waals surface area contributed by atoms with Crippen LogP contribution in [-0.4, -0.2) is 91.6 Å². The third kappa shape index (κ3) is 10.8. The van der Waals surface area contributed by atoms with Crippen molar-refractivity contribution in [2.24, 2.45) is 11.3 Å². The Labute approximate surface area is 300 Å². The maximum atomic E-state index is 13.8. The Morgan fingerprint density at radius 1 is 1.02 bits per heavy atom. The van der Waals surface area contributed by atoms with E-state index < -0.39 is 51.7 Å². The van der Waals surface area contributed by atoms with Gasteiger partial charge in [0.1, 0.15) is 12.1 Å². The molecule has 1 aromatic heterocycles. The number of nitrogens with zero attached hydrogens (tertiary/aromatic N) is 2. The second-order valence-corrected chi connectivity index (χ2v) is 16.1. The van der Waals surface area contributed by atoms with Crippen LogP contribution in [0, 0.1) is 11.3 Å². The number of fused-ring (bicyclic) bond motifs is 1. The van der Waals surface area contributed by atoms with Crippen LogP contribution in [0.25, 0.3) is 11.3 Å². The van der Waals surface area contributed by atoms with Crippen LogP contribution >= 0.6 is 0 Å². The van der Waals surface area contributed by atoms with Crippen LogP contribution in [0.1, 0.15) is 45.2 Å². The van der Waals surface area contributed by atoms with E-state index in [9.17, 15) is 23.1 Å². The van der Waals surface area contributed by atoms with E-state index in [-0.39, 0.29) is 44.1 Å². The minimum atomic E-state index is -3.74. The fourth-order valence-electron chi connectivity index (χ4n) is 6.17. The van der Waals surface area contributed by atoms with Gasteiger partial charge in [-0.15, -0.1) is 0 Å². The molecule has 2 aromatic carbocycles. The predicted octanol–water partition coefficient (Wildman–Crippen LogP) is 3.40. The average molecular weight is 724 g/mol.